The first kappa shape index (κ1) is 49.3. The standard InChI is InChI=1S/C47H78O17/c1-22-30(50)33(53)35(55)38(60-22)64-37-32(52)26(62-39-36(56)34(54)31(51)25(19-48)61-39)20-59-40(37)63-29-11-12-43(4)27(44(29,5)21-49)10-13-46(7)28(43)9-8-23-24-18-42(2,3)14-16-47(24,41(57)58)17-15-45(23,46)6/h22-40,48-56H,8-21H2,1-7H3,(H,57,58)/t22?,23-,24?,25?,26?,27?,28?,29-,30?,31?,32?,33?,34?,35?,36?,37?,38?,39?,40?,43-,44?,45-,46+,47-/m0/s1. The Balaban J connectivity index is 1.04. The molecule has 0 spiro atoms. The second-order valence-electron chi connectivity index (χ2n) is 23.3. The summed E-state index contributed by atoms with van der Waals surface area (Å²) in [5, 5.41) is 108. The van der Waals surface area contributed by atoms with Crippen LogP contribution in [0.3, 0.4) is 0 Å². The highest BCUT2D eigenvalue weighted by Gasteiger charge is 2.72. The quantitative estimate of drug-likeness (QED) is 0.147. The van der Waals surface area contributed by atoms with Gasteiger partial charge < -0.3 is 79.5 Å². The third-order valence-corrected chi connectivity index (χ3v) is 19.7. The topological polar surface area (TPSA) is 275 Å². The maximum Gasteiger partial charge on any atom is 0.309 e. The van der Waals surface area contributed by atoms with Gasteiger partial charge in [-0.25, -0.2) is 0 Å². The van der Waals surface area contributed by atoms with Crippen molar-refractivity contribution in [3.63, 3.8) is 0 Å². The fourth-order valence-electron chi connectivity index (χ4n) is 15.6. The summed E-state index contributed by atoms with van der Waals surface area (Å²) >= 11 is 0. The third kappa shape index (κ3) is 7.56. The molecular formula is C47H78O17. The van der Waals surface area contributed by atoms with E-state index in [0.29, 0.717) is 24.7 Å². The van der Waals surface area contributed by atoms with Gasteiger partial charge in [0.1, 0.15) is 61.0 Å². The summed E-state index contributed by atoms with van der Waals surface area (Å²) in [7, 11) is 0. The zero-order chi connectivity index (χ0) is 46.7. The molecule has 0 aromatic rings. The molecule has 3 saturated heterocycles. The highest BCUT2D eigenvalue weighted by molar-refractivity contribution is 5.75. The minimum atomic E-state index is -1.77. The minimum Gasteiger partial charge on any atom is -0.481 e. The summed E-state index contributed by atoms with van der Waals surface area (Å²) in [5.41, 5.74) is -1.66. The molecule has 3 heterocycles. The first-order valence-electron chi connectivity index (χ1n) is 24.0. The number of fused-ring (bicyclic) bond motifs is 7. The lowest BCUT2D eigenvalue weighted by molar-refractivity contribution is -0.382. The van der Waals surface area contributed by atoms with Gasteiger partial charge in [0.15, 0.2) is 18.9 Å². The highest BCUT2D eigenvalue weighted by Crippen LogP contribution is 2.77. The summed E-state index contributed by atoms with van der Waals surface area (Å²) in [6, 6.07) is 0. The Labute approximate surface area is 376 Å². The van der Waals surface area contributed by atoms with Gasteiger partial charge in [0.25, 0.3) is 0 Å². The van der Waals surface area contributed by atoms with Crippen molar-refractivity contribution >= 4 is 5.97 Å². The van der Waals surface area contributed by atoms with Crippen LogP contribution >= 0.6 is 0 Å². The van der Waals surface area contributed by atoms with Gasteiger partial charge >= 0.3 is 5.97 Å². The van der Waals surface area contributed by atoms with Gasteiger partial charge in [0.2, 0.25) is 0 Å². The van der Waals surface area contributed by atoms with E-state index in [9.17, 15) is 55.9 Å². The SMILES string of the molecule is CC1OC(OC2C(O[C@H]3CC[C@@]4(C)C(CC[C@]5(C)C4CC[C@H]4C6CC(C)(C)CC[C@]6(C(=O)O)CC[C@@]45C)C3(C)CO)OCC(OC3OC(CO)C(O)C(O)C3O)C2O)C(O)C(O)C1O. The number of carbonyl (C=O) groups is 1. The summed E-state index contributed by atoms with van der Waals surface area (Å²) in [4.78, 5) is 13.2. The molecule has 8 rings (SSSR count). The van der Waals surface area contributed by atoms with Crippen molar-refractivity contribution in [3.8, 4) is 0 Å². The molecule has 8 fully saturated rings. The molecule has 0 radical (unpaired) electrons. The van der Waals surface area contributed by atoms with Crippen LogP contribution in [0, 0.1) is 56.2 Å². The van der Waals surface area contributed by atoms with Crippen LogP contribution in [0.1, 0.15) is 119 Å². The fourth-order valence-corrected chi connectivity index (χ4v) is 15.6. The van der Waals surface area contributed by atoms with Gasteiger partial charge in [0, 0.05) is 5.41 Å². The Morgan fingerprint density at radius 1 is 0.625 bits per heavy atom. The van der Waals surface area contributed by atoms with E-state index in [1.54, 1.807) is 0 Å². The van der Waals surface area contributed by atoms with Crippen molar-refractivity contribution < 1.29 is 84.3 Å². The largest absolute Gasteiger partial charge is 0.481 e. The Hall–Kier alpha value is -1.13. The Morgan fingerprint density at radius 2 is 1.28 bits per heavy atom. The number of carboxylic acid groups (broad SMARTS) is 1. The van der Waals surface area contributed by atoms with Crippen molar-refractivity contribution in [2.75, 3.05) is 19.8 Å². The maximum atomic E-state index is 13.2. The van der Waals surface area contributed by atoms with E-state index in [2.05, 4.69) is 41.5 Å². The van der Waals surface area contributed by atoms with E-state index in [4.69, 9.17) is 28.4 Å². The van der Waals surface area contributed by atoms with Crippen LogP contribution in [0.2, 0.25) is 0 Å². The molecule has 18 unspecified atom stereocenters. The summed E-state index contributed by atoms with van der Waals surface area (Å²) in [6.45, 7) is 14.2. The van der Waals surface area contributed by atoms with Crippen molar-refractivity contribution in [2.45, 2.75) is 211 Å². The predicted octanol–water partition coefficient (Wildman–Crippen LogP) is 1.43. The first-order chi connectivity index (χ1) is 29.9. The van der Waals surface area contributed by atoms with E-state index >= 15 is 0 Å². The zero-order valence-corrected chi connectivity index (χ0v) is 38.7. The second-order valence-corrected chi connectivity index (χ2v) is 23.3. The van der Waals surface area contributed by atoms with E-state index in [1.807, 2.05) is 0 Å². The number of carboxylic acids is 1. The maximum absolute atomic E-state index is 13.2. The number of rotatable bonds is 9. The molecule has 0 amide bonds. The molecule has 8 aliphatic rings. The number of hydrogen-bond acceptors (Lipinski definition) is 16. The van der Waals surface area contributed by atoms with Gasteiger partial charge in [-0.2, -0.15) is 0 Å². The average Bonchev–Trinajstić information content (AvgIpc) is 3.24. The van der Waals surface area contributed by atoms with Crippen LogP contribution in [0.25, 0.3) is 0 Å². The third-order valence-electron chi connectivity index (χ3n) is 19.7. The molecule has 5 saturated carbocycles. The van der Waals surface area contributed by atoms with Gasteiger partial charge in [-0.15, -0.1) is 0 Å². The Bertz CT molecular complexity index is 1680. The fraction of sp³-hybridized carbons (Fsp3) is 0.979. The van der Waals surface area contributed by atoms with Crippen molar-refractivity contribution in [3.05, 3.63) is 0 Å². The van der Waals surface area contributed by atoms with Crippen LogP contribution in [0.5, 0.6) is 0 Å². The molecular weight excluding hydrogens is 837 g/mol. The van der Waals surface area contributed by atoms with Gasteiger partial charge in [0.05, 0.1) is 37.4 Å². The zero-order valence-electron chi connectivity index (χ0n) is 38.7. The number of aliphatic carboxylic acids is 1. The molecule has 0 aromatic heterocycles. The molecule has 5 aliphatic carbocycles. The highest BCUT2D eigenvalue weighted by atomic mass is 16.8. The van der Waals surface area contributed by atoms with E-state index < -0.39 is 116 Å². The summed E-state index contributed by atoms with van der Waals surface area (Å²) in [5.74, 6) is 0.151. The van der Waals surface area contributed by atoms with Crippen LogP contribution in [0.15, 0.2) is 0 Å². The molecule has 17 nitrogen and oxygen atoms in total. The molecule has 0 bridgehead atoms. The van der Waals surface area contributed by atoms with E-state index in [0.717, 1.165) is 57.8 Å². The smallest absolute Gasteiger partial charge is 0.309 e. The Morgan fingerprint density at radius 3 is 1.94 bits per heavy atom. The van der Waals surface area contributed by atoms with Gasteiger partial charge in [-0.3, -0.25) is 4.79 Å². The monoisotopic (exact) mass is 915 g/mol. The second kappa shape index (κ2) is 17.4. The normalized spacial score (nSPS) is 56.2. The van der Waals surface area contributed by atoms with Crippen molar-refractivity contribution in [1.82, 2.24) is 0 Å². The van der Waals surface area contributed by atoms with Crippen LogP contribution < -0.4 is 0 Å². The lowest BCUT2D eigenvalue weighted by atomic mass is 9.31. The first-order valence-corrected chi connectivity index (χ1v) is 24.0. The Kier molecular flexibility index (Phi) is 13.4. The van der Waals surface area contributed by atoms with Crippen LogP contribution in [-0.4, -0.2) is 169 Å². The molecule has 3 aliphatic heterocycles. The lowest BCUT2D eigenvalue weighted by Crippen LogP contribution is -2.69. The number of aliphatic hydroxyl groups excluding tert-OH is 9. The van der Waals surface area contributed by atoms with E-state index in [-0.39, 0.29) is 46.7 Å². The van der Waals surface area contributed by atoms with Crippen LogP contribution in [-0.2, 0) is 33.2 Å². The number of ether oxygens (including phenoxy) is 6. The predicted molar refractivity (Wildman–Crippen MR) is 225 cm³/mol. The average molecular weight is 915 g/mol. The molecule has 10 N–H and O–H groups in total. The summed E-state index contributed by atoms with van der Waals surface area (Å²) < 4.78 is 36.6. The number of hydrogen-bond donors (Lipinski definition) is 10. The van der Waals surface area contributed by atoms with Gasteiger partial charge in [-0.05, 0) is 123 Å². The molecule has 368 valence electrons. The van der Waals surface area contributed by atoms with Crippen molar-refractivity contribution in [2.24, 2.45) is 56.2 Å². The minimum absolute atomic E-state index is 0.0217. The molecule has 64 heavy (non-hydrogen) atoms. The molecule has 24 atom stereocenters. The van der Waals surface area contributed by atoms with Gasteiger partial charge in [-0.1, -0.05) is 41.5 Å². The summed E-state index contributed by atoms with van der Waals surface area (Å²) in [6.07, 6.45) is -12.6. The number of aliphatic hydroxyl groups is 9. The lowest BCUT2D eigenvalue weighted by Gasteiger charge is -2.73. The van der Waals surface area contributed by atoms with E-state index in [1.165, 1.54) is 6.92 Å². The van der Waals surface area contributed by atoms with Crippen LogP contribution in [0.4, 0.5) is 0 Å². The molecule has 17 heteroatoms. The molecule has 0 aromatic carbocycles. The van der Waals surface area contributed by atoms with Crippen molar-refractivity contribution in [1.29, 1.82) is 0 Å².